The molecule has 5 rings (SSSR count). The number of carbonyl (C=O) groups is 1. The van der Waals surface area contributed by atoms with Gasteiger partial charge in [-0.05, 0) is 36.2 Å². The first-order valence-electron chi connectivity index (χ1n) is 11.3. The van der Waals surface area contributed by atoms with E-state index in [-0.39, 0.29) is 28.3 Å². The van der Waals surface area contributed by atoms with Crippen molar-refractivity contribution in [1.29, 1.82) is 0 Å². The van der Waals surface area contributed by atoms with Crippen molar-refractivity contribution in [2.24, 2.45) is 7.05 Å². The van der Waals surface area contributed by atoms with Gasteiger partial charge in [-0.25, -0.2) is 18.7 Å². The topological polar surface area (TPSA) is 103 Å². The number of methoxy groups -OCH3 is 1. The molecule has 2 aromatic carbocycles. The Hall–Kier alpha value is -4.12. The van der Waals surface area contributed by atoms with E-state index in [0.29, 0.717) is 30.3 Å². The number of anilines is 1. The van der Waals surface area contributed by atoms with E-state index in [9.17, 15) is 13.6 Å². The highest BCUT2D eigenvalue weighted by molar-refractivity contribution is 5.98. The van der Waals surface area contributed by atoms with Gasteiger partial charge < -0.3 is 20.1 Å². The zero-order chi connectivity index (χ0) is 25.2. The van der Waals surface area contributed by atoms with Crippen LogP contribution >= 0.6 is 0 Å². The van der Waals surface area contributed by atoms with E-state index in [0.717, 1.165) is 12.5 Å². The van der Waals surface area contributed by atoms with Crippen LogP contribution in [-0.2, 0) is 11.8 Å². The average molecular weight is 495 g/mol. The Bertz CT molecular complexity index is 1420. The summed E-state index contributed by atoms with van der Waals surface area (Å²) >= 11 is 0. The number of nitrogens with one attached hydrogen (secondary N) is 2. The lowest BCUT2D eigenvalue weighted by atomic mass is 10.0. The van der Waals surface area contributed by atoms with Gasteiger partial charge in [0.15, 0.2) is 11.6 Å². The zero-order valence-corrected chi connectivity index (χ0v) is 19.7. The van der Waals surface area contributed by atoms with E-state index in [1.807, 2.05) is 0 Å². The average Bonchev–Trinajstić information content (AvgIpc) is 3.53. The number of aromatic nitrogens is 4. The first kappa shape index (κ1) is 23.6. The van der Waals surface area contributed by atoms with Crippen LogP contribution in [-0.4, -0.2) is 52.0 Å². The van der Waals surface area contributed by atoms with Gasteiger partial charge >= 0.3 is 0 Å². The summed E-state index contributed by atoms with van der Waals surface area (Å²) in [4.78, 5) is 21.9. The van der Waals surface area contributed by atoms with E-state index < -0.39 is 23.6 Å². The van der Waals surface area contributed by atoms with Gasteiger partial charge in [0.1, 0.15) is 5.82 Å². The Labute approximate surface area is 205 Å². The van der Waals surface area contributed by atoms with Gasteiger partial charge in [0, 0.05) is 37.2 Å². The summed E-state index contributed by atoms with van der Waals surface area (Å²) in [6.07, 6.45) is 5.49. The van der Waals surface area contributed by atoms with Gasteiger partial charge in [-0.15, -0.1) is 0 Å². The molecule has 36 heavy (non-hydrogen) atoms. The molecule has 186 valence electrons. The quantitative estimate of drug-likeness (QED) is 0.406. The molecule has 2 aromatic heterocycles. The summed E-state index contributed by atoms with van der Waals surface area (Å²) in [6.45, 7) is 1.19. The Balaban J connectivity index is 1.46. The second-order valence-corrected chi connectivity index (χ2v) is 8.54. The van der Waals surface area contributed by atoms with Crippen molar-refractivity contribution < 1.29 is 23.0 Å². The molecule has 1 amide bonds. The van der Waals surface area contributed by atoms with Crippen LogP contribution in [0.25, 0.3) is 10.9 Å². The molecular weight excluding hydrogens is 470 g/mol. The maximum absolute atomic E-state index is 14.9. The molecule has 4 aromatic rings. The van der Waals surface area contributed by atoms with Gasteiger partial charge in [0.05, 0.1) is 42.9 Å². The number of hydrogen-bond donors (Lipinski definition) is 2. The van der Waals surface area contributed by atoms with E-state index in [4.69, 9.17) is 9.47 Å². The number of benzene rings is 2. The van der Waals surface area contributed by atoms with Crippen LogP contribution in [0, 0.1) is 11.6 Å². The highest BCUT2D eigenvalue weighted by Gasteiger charge is 2.22. The van der Waals surface area contributed by atoms with Gasteiger partial charge in [0.25, 0.3) is 5.91 Å². The number of carbonyl (C=O) groups excluding carboxylic acids is 1. The highest BCUT2D eigenvalue weighted by Crippen LogP contribution is 2.27. The first-order valence-corrected chi connectivity index (χ1v) is 11.3. The molecule has 2 atom stereocenters. The van der Waals surface area contributed by atoms with Crippen LogP contribution in [0.1, 0.15) is 33.9 Å². The lowest BCUT2D eigenvalue weighted by Crippen LogP contribution is -2.29. The fourth-order valence-electron chi connectivity index (χ4n) is 4.15. The molecule has 1 aliphatic rings. The summed E-state index contributed by atoms with van der Waals surface area (Å²) in [5.74, 6) is -1.34. The molecule has 2 N–H and O–H groups in total. The summed E-state index contributed by atoms with van der Waals surface area (Å²) in [5, 5.41) is 10.4. The number of hydrogen-bond acceptors (Lipinski definition) is 7. The monoisotopic (exact) mass is 494 g/mol. The standard InChI is InChI=1S/C25H24F2N6O3/c1-33-12-16(10-29-33)23(14-3-4-22(35-2)20(27)7-14)32-24(34)15-8-19(26)18-11-28-25(31-21(18)9-15)30-17-5-6-36-13-17/h3-4,7-12,17,23H,5-6,13H2,1-2H3,(H,32,34)(H,28,30,31)/t17-,23+/m1/s1. The molecule has 0 bridgehead atoms. The maximum atomic E-state index is 14.9. The Morgan fingerprint density at radius 2 is 2.06 bits per heavy atom. The number of rotatable bonds is 7. The molecule has 0 spiro atoms. The molecule has 9 nitrogen and oxygen atoms in total. The lowest BCUT2D eigenvalue weighted by Gasteiger charge is -2.19. The smallest absolute Gasteiger partial charge is 0.252 e. The van der Waals surface area contributed by atoms with E-state index in [2.05, 4.69) is 25.7 Å². The molecular formula is C25H24F2N6O3. The number of fused-ring (bicyclic) bond motifs is 1. The summed E-state index contributed by atoms with van der Waals surface area (Å²) < 4.78 is 41.3. The number of amides is 1. The van der Waals surface area contributed by atoms with Crippen LogP contribution in [0.5, 0.6) is 5.75 Å². The van der Waals surface area contributed by atoms with Crippen LogP contribution in [0.3, 0.4) is 0 Å². The molecule has 3 heterocycles. The minimum atomic E-state index is -0.740. The van der Waals surface area contributed by atoms with Crippen LogP contribution in [0.15, 0.2) is 48.9 Å². The predicted molar refractivity (Wildman–Crippen MR) is 128 cm³/mol. The fraction of sp³-hybridized carbons (Fsp3) is 0.280. The van der Waals surface area contributed by atoms with E-state index in [1.54, 1.807) is 30.2 Å². The minimum absolute atomic E-state index is 0.0664. The van der Waals surface area contributed by atoms with E-state index in [1.165, 1.54) is 31.5 Å². The zero-order valence-electron chi connectivity index (χ0n) is 19.7. The van der Waals surface area contributed by atoms with Gasteiger partial charge in [-0.3, -0.25) is 9.48 Å². The number of nitrogens with zero attached hydrogens (tertiary/aromatic N) is 4. The first-order chi connectivity index (χ1) is 17.4. The Morgan fingerprint density at radius 1 is 1.19 bits per heavy atom. The van der Waals surface area contributed by atoms with Crippen LogP contribution in [0.2, 0.25) is 0 Å². The molecule has 1 saturated heterocycles. The number of halogens is 2. The van der Waals surface area contributed by atoms with E-state index >= 15 is 0 Å². The van der Waals surface area contributed by atoms with Gasteiger partial charge in [0.2, 0.25) is 5.95 Å². The lowest BCUT2D eigenvalue weighted by molar-refractivity contribution is 0.0942. The SMILES string of the molecule is COc1ccc([C@H](NC(=O)c2cc(F)c3cnc(N[C@@H]4CCOC4)nc3c2)c2cnn(C)c2)cc1F. The molecule has 1 fully saturated rings. The van der Waals surface area contributed by atoms with Crippen molar-refractivity contribution in [3.63, 3.8) is 0 Å². The van der Waals surface area contributed by atoms with Crippen molar-refractivity contribution in [2.45, 2.75) is 18.5 Å². The maximum Gasteiger partial charge on any atom is 0.252 e. The predicted octanol–water partition coefficient (Wildman–Crippen LogP) is 3.37. The van der Waals surface area contributed by atoms with Crippen molar-refractivity contribution in [1.82, 2.24) is 25.1 Å². The van der Waals surface area contributed by atoms with Crippen molar-refractivity contribution >= 4 is 22.8 Å². The molecule has 0 aliphatic carbocycles. The molecule has 0 unspecified atom stereocenters. The summed E-state index contributed by atoms with van der Waals surface area (Å²) in [5.41, 5.74) is 1.45. The normalized spacial score (nSPS) is 16.2. The Morgan fingerprint density at radius 3 is 2.75 bits per heavy atom. The third kappa shape index (κ3) is 4.82. The van der Waals surface area contributed by atoms with Gasteiger partial charge in [-0.1, -0.05) is 6.07 Å². The van der Waals surface area contributed by atoms with Crippen LogP contribution in [0.4, 0.5) is 14.7 Å². The summed E-state index contributed by atoms with van der Waals surface area (Å²) in [7, 11) is 3.11. The highest BCUT2D eigenvalue weighted by atomic mass is 19.1. The number of ether oxygens (including phenoxy) is 2. The van der Waals surface area contributed by atoms with Crippen molar-refractivity contribution in [3.8, 4) is 5.75 Å². The molecule has 0 saturated carbocycles. The van der Waals surface area contributed by atoms with Crippen molar-refractivity contribution in [2.75, 3.05) is 25.6 Å². The number of aryl methyl sites for hydroxylation is 1. The van der Waals surface area contributed by atoms with Gasteiger partial charge in [-0.2, -0.15) is 5.10 Å². The second-order valence-electron chi connectivity index (χ2n) is 8.54. The molecule has 11 heteroatoms. The van der Waals surface area contributed by atoms with Crippen LogP contribution < -0.4 is 15.4 Å². The fourth-order valence-corrected chi connectivity index (χ4v) is 4.15. The molecule has 0 radical (unpaired) electrons. The Kier molecular flexibility index (Phi) is 6.47. The minimum Gasteiger partial charge on any atom is -0.494 e. The second kappa shape index (κ2) is 9.86. The summed E-state index contributed by atoms with van der Waals surface area (Å²) in [6, 6.07) is 6.39. The van der Waals surface area contributed by atoms with Crippen molar-refractivity contribution in [3.05, 3.63) is 77.2 Å². The largest absolute Gasteiger partial charge is 0.494 e. The third-order valence-corrected chi connectivity index (χ3v) is 6.02. The third-order valence-electron chi connectivity index (χ3n) is 6.02. The molecule has 1 aliphatic heterocycles.